The van der Waals surface area contributed by atoms with Crippen LogP contribution in [0.4, 0.5) is 18.9 Å². The van der Waals surface area contributed by atoms with E-state index in [-0.39, 0.29) is 11.8 Å². The molecule has 1 aromatic rings. The first-order chi connectivity index (χ1) is 11.1. The Bertz CT molecular complexity index is 747. The van der Waals surface area contributed by atoms with Gasteiger partial charge < -0.3 is 5.32 Å². The third kappa shape index (κ3) is 3.25. The lowest BCUT2D eigenvalue weighted by Crippen LogP contribution is -2.46. The lowest BCUT2D eigenvalue weighted by Gasteiger charge is -2.24. The molecule has 0 atom stereocenters. The molecular weight excluding hydrogens is 399 g/mol. The predicted molar refractivity (Wildman–Crippen MR) is 81.3 cm³/mol. The monoisotopic (exact) mass is 407 g/mol. The van der Waals surface area contributed by atoms with Crippen molar-refractivity contribution in [2.75, 3.05) is 5.32 Å². The van der Waals surface area contributed by atoms with Crippen molar-refractivity contribution in [1.82, 2.24) is 0 Å². The van der Waals surface area contributed by atoms with Crippen molar-refractivity contribution in [1.29, 1.82) is 0 Å². The summed E-state index contributed by atoms with van der Waals surface area (Å²) in [4.78, 5) is 19.4. The number of hydrogen-bond donors (Lipinski definition) is 1. The second kappa shape index (κ2) is 6.23. The lowest BCUT2D eigenvalue weighted by molar-refractivity contribution is -0.780. The number of benzene rings is 1. The van der Waals surface area contributed by atoms with Crippen LogP contribution in [0.15, 0.2) is 52.2 Å². The van der Waals surface area contributed by atoms with Gasteiger partial charge in [0.25, 0.3) is 0 Å². The molecule has 0 unspecified atom stereocenters. The summed E-state index contributed by atoms with van der Waals surface area (Å²) in [6.07, 6.45) is -4.95. The maximum atomic E-state index is 13.3. The normalized spacial score (nSPS) is 16.8. The van der Waals surface area contributed by atoms with Gasteiger partial charge in [0.15, 0.2) is 0 Å². The molecule has 7 nitrogen and oxygen atoms in total. The number of rotatable bonds is 4. The van der Waals surface area contributed by atoms with Crippen molar-refractivity contribution < 1.29 is 23.0 Å². The second-order valence-electron chi connectivity index (χ2n) is 4.88. The van der Waals surface area contributed by atoms with Crippen LogP contribution in [0.2, 0.25) is 0 Å². The molecule has 1 aliphatic rings. The highest BCUT2D eigenvalue weighted by Gasteiger charge is 2.58. The first-order valence-corrected chi connectivity index (χ1v) is 7.18. The van der Waals surface area contributed by atoms with E-state index in [0.717, 1.165) is 6.08 Å². The van der Waals surface area contributed by atoms with Crippen molar-refractivity contribution >= 4 is 21.6 Å². The summed E-state index contributed by atoms with van der Waals surface area (Å²) in [5.74, 6) is 0. The summed E-state index contributed by atoms with van der Waals surface area (Å²) < 4.78 is 40.2. The smallest absolute Gasteiger partial charge is 0.354 e. The number of anilines is 1. The summed E-state index contributed by atoms with van der Waals surface area (Å²) in [5.41, 5.74) is -4.69. The summed E-state index contributed by atoms with van der Waals surface area (Å²) in [5, 5.41) is 24.5. The van der Waals surface area contributed by atoms with Crippen LogP contribution in [0.1, 0.15) is 6.42 Å². The third-order valence-electron chi connectivity index (χ3n) is 3.35. The van der Waals surface area contributed by atoms with E-state index >= 15 is 0 Å². The van der Waals surface area contributed by atoms with Crippen molar-refractivity contribution in [3.63, 3.8) is 0 Å². The third-order valence-corrected chi connectivity index (χ3v) is 4.04. The maximum Gasteiger partial charge on any atom is 0.482 e. The van der Waals surface area contributed by atoms with Crippen LogP contribution in [0.3, 0.4) is 0 Å². The highest BCUT2D eigenvalue weighted by molar-refractivity contribution is 9.10. The van der Waals surface area contributed by atoms with Gasteiger partial charge in [-0.15, -0.1) is 0 Å². The number of nitrogens with zero attached hydrogens (tertiary/aromatic N) is 2. The van der Waals surface area contributed by atoms with Gasteiger partial charge >= 0.3 is 11.8 Å². The number of alkyl halides is 3. The Morgan fingerprint density at radius 1 is 1.17 bits per heavy atom. The zero-order valence-corrected chi connectivity index (χ0v) is 13.3. The molecule has 1 N–H and O–H groups in total. The van der Waals surface area contributed by atoms with Gasteiger partial charge in [0.2, 0.25) is 0 Å². The largest absolute Gasteiger partial charge is 0.482 e. The van der Waals surface area contributed by atoms with E-state index in [1.54, 1.807) is 18.2 Å². The maximum absolute atomic E-state index is 13.3. The highest BCUT2D eigenvalue weighted by atomic mass is 79.9. The molecule has 0 saturated carbocycles. The van der Waals surface area contributed by atoms with Gasteiger partial charge in [-0.2, -0.15) is 13.2 Å². The van der Waals surface area contributed by atoms with Crippen molar-refractivity contribution in [3.8, 4) is 0 Å². The standard InChI is InChI=1S/C13H9BrF3N3O4/c14-9-3-1-2-4-11(9)18-10-5-6-12(19(21)22,20(23)24)7-8(10)13(15,16)17/h1-5,7,18H,6H2. The Kier molecular flexibility index (Phi) is 4.65. The van der Waals surface area contributed by atoms with Gasteiger partial charge in [0, 0.05) is 10.2 Å². The van der Waals surface area contributed by atoms with Gasteiger partial charge in [-0.25, -0.2) is 0 Å². The molecule has 128 valence electrons. The van der Waals surface area contributed by atoms with Gasteiger partial charge in [-0.05, 0) is 34.1 Å². The highest BCUT2D eigenvalue weighted by Crippen LogP contribution is 2.39. The summed E-state index contributed by atoms with van der Waals surface area (Å²) in [7, 11) is 0. The molecule has 0 amide bonds. The van der Waals surface area contributed by atoms with Crippen LogP contribution < -0.4 is 5.32 Å². The molecule has 1 aromatic carbocycles. The van der Waals surface area contributed by atoms with Gasteiger partial charge in [-0.1, -0.05) is 12.1 Å². The molecule has 0 aromatic heterocycles. The van der Waals surface area contributed by atoms with Gasteiger partial charge in [0.05, 0.1) is 17.3 Å². The zero-order valence-electron chi connectivity index (χ0n) is 11.7. The first kappa shape index (κ1) is 17.9. The minimum atomic E-state index is -5.00. The molecule has 0 fully saturated rings. The van der Waals surface area contributed by atoms with E-state index < -0.39 is 39.4 Å². The molecule has 0 heterocycles. The van der Waals surface area contributed by atoms with E-state index in [1.165, 1.54) is 6.07 Å². The fourth-order valence-electron chi connectivity index (χ4n) is 2.11. The molecule has 0 bridgehead atoms. The van der Waals surface area contributed by atoms with E-state index in [9.17, 15) is 33.4 Å². The fraction of sp³-hybridized carbons (Fsp3) is 0.231. The minimum Gasteiger partial charge on any atom is -0.354 e. The Morgan fingerprint density at radius 3 is 2.25 bits per heavy atom. The summed E-state index contributed by atoms with van der Waals surface area (Å²) in [6.45, 7) is 0. The van der Waals surface area contributed by atoms with Crippen LogP contribution in [-0.4, -0.2) is 21.7 Å². The molecule has 0 spiro atoms. The quantitative estimate of drug-likeness (QED) is 0.463. The number of para-hydroxylation sites is 1. The second-order valence-corrected chi connectivity index (χ2v) is 5.73. The number of nitro groups is 2. The predicted octanol–water partition coefficient (Wildman–Crippen LogP) is 3.89. The molecule has 0 aliphatic heterocycles. The van der Waals surface area contributed by atoms with Crippen LogP contribution in [0, 0.1) is 20.2 Å². The molecule has 1 aliphatic carbocycles. The van der Waals surface area contributed by atoms with E-state index in [2.05, 4.69) is 21.2 Å². The Balaban J connectivity index is 2.50. The SMILES string of the molecule is O=[N+]([O-])C1([N+](=O)[O-])C=C(C(F)(F)F)C(Nc2ccccc2Br)=CC1. The summed E-state index contributed by atoms with van der Waals surface area (Å²) >= 11 is 3.16. The molecule has 0 radical (unpaired) electrons. The average Bonchev–Trinajstić information content (AvgIpc) is 2.48. The summed E-state index contributed by atoms with van der Waals surface area (Å²) in [6, 6.07) is 6.30. The van der Waals surface area contributed by atoms with E-state index in [1.807, 2.05) is 0 Å². The Labute approximate surface area is 141 Å². The molecular formula is C13H9BrF3N3O4. The molecule has 24 heavy (non-hydrogen) atoms. The molecule has 0 saturated heterocycles. The van der Waals surface area contributed by atoms with Crippen LogP contribution in [0.25, 0.3) is 0 Å². The van der Waals surface area contributed by atoms with Gasteiger partial charge in [0.1, 0.15) is 16.3 Å². The number of hydrogen-bond acceptors (Lipinski definition) is 5. The topological polar surface area (TPSA) is 98.3 Å². The minimum absolute atomic E-state index is 0.0478. The average molecular weight is 408 g/mol. The Hall–Kier alpha value is -2.43. The number of nitrogens with one attached hydrogen (secondary N) is 1. The van der Waals surface area contributed by atoms with Crippen LogP contribution in [0.5, 0.6) is 0 Å². The number of allylic oxidation sites excluding steroid dienone is 1. The molecule has 11 heteroatoms. The fourth-order valence-corrected chi connectivity index (χ4v) is 2.50. The Morgan fingerprint density at radius 2 is 1.75 bits per heavy atom. The van der Waals surface area contributed by atoms with E-state index in [0.29, 0.717) is 4.47 Å². The van der Waals surface area contributed by atoms with Crippen LogP contribution >= 0.6 is 15.9 Å². The van der Waals surface area contributed by atoms with Crippen molar-refractivity contribution in [2.24, 2.45) is 0 Å². The molecule has 2 rings (SSSR count). The first-order valence-electron chi connectivity index (χ1n) is 6.39. The van der Waals surface area contributed by atoms with Crippen molar-refractivity contribution in [2.45, 2.75) is 18.3 Å². The van der Waals surface area contributed by atoms with E-state index in [4.69, 9.17) is 0 Å². The lowest BCUT2D eigenvalue weighted by atomic mass is 9.94. The number of halogens is 4. The van der Waals surface area contributed by atoms with Gasteiger partial charge in [-0.3, -0.25) is 20.2 Å². The zero-order chi connectivity index (χ0) is 18.1. The van der Waals surface area contributed by atoms with Crippen molar-refractivity contribution in [3.05, 3.63) is 72.4 Å². The van der Waals surface area contributed by atoms with Crippen LogP contribution in [-0.2, 0) is 0 Å².